The van der Waals surface area contributed by atoms with E-state index in [0.29, 0.717) is 5.56 Å². The van der Waals surface area contributed by atoms with Gasteiger partial charge in [-0.1, -0.05) is 26.0 Å². The van der Waals surface area contributed by atoms with Crippen LogP contribution in [0.2, 0.25) is 0 Å². The number of thiol groups is 1. The summed E-state index contributed by atoms with van der Waals surface area (Å²) in [6.07, 6.45) is 0.0621. The number of benzene rings is 1. The van der Waals surface area contributed by atoms with Gasteiger partial charge in [0.1, 0.15) is 23.9 Å². The van der Waals surface area contributed by atoms with Crippen LogP contribution in [0.4, 0.5) is 0 Å². The molecule has 1 aromatic carbocycles. The fraction of sp³-hybridized carbons (Fsp3) is 0.522. The maximum atomic E-state index is 13.0. The largest absolute Gasteiger partial charge is 0.508 e. The van der Waals surface area contributed by atoms with Crippen molar-refractivity contribution >= 4 is 42.2 Å². The van der Waals surface area contributed by atoms with E-state index in [1.165, 1.54) is 12.1 Å². The lowest BCUT2D eigenvalue weighted by Gasteiger charge is -2.25. The summed E-state index contributed by atoms with van der Waals surface area (Å²) in [5, 5.41) is 26.4. The van der Waals surface area contributed by atoms with Gasteiger partial charge in [0.25, 0.3) is 0 Å². The second kappa shape index (κ2) is 14.9. The zero-order chi connectivity index (χ0) is 27.4. The van der Waals surface area contributed by atoms with Crippen molar-refractivity contribution in [2.45, 2.75) is 63.7 Å². The first-order chi connectivity index (χ1) is 16.8. The van der Waals surface area contributed by atoms with E-state index in [-0.39, 0.29) is 43.1 Å². The fourth-order valence-corrected chi connectivity index (χ4v) is 3.47. The number of carboxylic acid groups (broad SMARTS) is 1. The monoisotopic (exact) mass is 525 g/mol. The molecule has 200 valence electrons. The van der Waals surface area contributed by atoms with E-state index in [2.05, 4.69) is 28.6 Å². The number of carbonyl (C=O) groups excluding carboxylic acids is 4. The molecule has 0 saturated heterocycles. The highest BCUT2D eigenvalue weighted by molar-refractivity contribution is 7.80. The van der Waals surface area contributed by atoms with E-state index < -0.39 is 53.8 Å². The molecule has 0 fully saturated rings. The number of carbonyl (C=O) groups is 5. The highest BCUT2D eigenvalue weighted by Gasteiger charge is 2.30. The lowest BCUT2D eigenvalue weighted by atomic mass is 10.0. The summed E-state index contributed by atoms with van der Waals surface area (Å²) >= 11 is 4.09. The average molecular weight is 526 g/mol. The number of amides is 4. The molecule has 0 aromatic heterocycles. The van der Waals surface area contributed by atoms with Crippen LogP contribution in [0, 0.1) is 5.92 Å². The van der Waals surface area contributed by atoms with Crippen molar-refractivity contribution in [3.63, 3.8) is 0 Å². The van der Waals surface area contributed by atoms with E-state index in [1.807, 2.05) is 13.8 Å². The molecule has 1 rings (SSSR count). The van der Waals surface area contributed by atoms with Crippen molar-refractivity contribution in [3.05, 3.63) is 29.8 Å². The van der Waals surface area contributed by atoms with Gasteiger partial charge in [-0.05, 0) is 36.5 Å². The van der Waals surface area contributed by atoms with Gasteiger partial charge in [-0.3, -0.25) is 19.2 Å². The van der Waals surface area contributed by atoms with Crippen LogP contribution in [0.5, 0.6) is 5.75 Å². The molecule has 4 unspecified atom stereocenters. The summed E-state index contributed by atoms with van der Waals surface area (Å²) in [5.74, 6) is -4.09. The molecule has 0 aliphatic heterocycles. The molecular weight excluding hydrogens is 490 g/mol. The fourth-order valence-electron chi connectivity index (χ4n) is 3.22. The Bertz CT molecular complexity index is 926. The molecule has 0 saturated carbocycles. The summed E-state index contributed by atoms with van der Waals surface area (Å²) in [5.41, 5.74) is 11.4. The van der Waals surface area contributed by atoms with Crippen molar-refractivity contribution in [3.8, 4) is 5.75 Å². The lowest BCUT2D eigenvalue weighted by Crippen LogP contribution is -2.58. The molecule has 0 aliphatic carbocycles. The van der Waals surface area contributed by atoms with Gasteiger partial charge in [-0.2, -0.15) is 12.6 Å². The lowest BCUT2D eigenvalue weighted by molar-refractivity contribution is -0.142. The second-order valence-electron chi connectivity index (χ2n) is 8.82. The Balaban J connectivity index is 2.89. The normalized spacial score (nSPS) is 14.2. The molecule has 1 aromatic rings. The number of hydrogen-bond acceptors (Lipinski definition) is 8. The van der Waals surface area contributed by atoms with Crippen molar-refractivity contribution in [2.24, 2.45) is 17.4 Å². The number of nitrogens with two attached hydrogens (primary N) is 2. The third kappa shape index (κ3) is 11.0. The first-order valence-electron chi connectivity index (χ1n) is 11.4. The molecule has 0 bridgehead atoms. The Morgan fingerprint density at radius 3 is 1.94 bits per heavy atom. The van der Waals surface area contributed by atoms with Crippen molar-refractivity contribution in [1.82, 2.24) is 16.0 Å². The van der Waals surface area contributed by atoms with Gasteiger partial charge < -0.3 is 37.6 Å². The van der Waals surface area contributed by atoms with Crippen LogP contribution in [0.15, 0.2) is 24.3 Å². The van der Waals surface area contributed by atoms with Crippen LogP contribution in [-0.4, -0.2) is 69.7 Å². The summed E-state index contributed by atoms with van der Waals surface area (Å²) in [6.45, 7) is 3.65. The van der Waals surface area contributed by atoms with Crippen LogP contribution >= 0.6 is 12.6 Å². The average Bonchev–Trinajstić information content (AvgIpc) is 2.80. The van der Waals surface area contributed by atoms with Crippen LogP contribution in [0.25, 0.3) is 0 Å². The molecule has 0 radical (unpaired) electrons. The molecule has 0 aliphatic rings. The summed E-state index contributed by atoms with van der Waals surface area (Å²) < 4.78 is 0. The molecule has 4 atom stereocenters. The molecule has 12 nitrogen and oxygen atoms in total. The number of phenolic OH excluding ortho intramolecular Hbond substituents is 1. The van der Waals surface area contributed by atoms with E-state index in [1.54, 1.807) is 12.1 Å². The smallest absolute Gasteiger partial charge is 0.326 e. The topological polar surface area (TPSA) is 214 Å². The molecule has 9 N–H and O–H groups in total. The van der Waals surface area contributed by atoms with Crippen LogP contribution in [0.3, 0.4) is 0 Å². The first-order valence-corrected chi connectivity index (χ1v) is 12.0. The SMILES string of the molecule is CC(C)CC(NC(=O)C(CS)NC(=O)C(N)CCC(N)=O)C(=O)NC(Cc1ccc(O)cc1)C(=O)O. The van der Waals surface area contributed by atoms with E-state index in [0.717, 1.165) is 0 Å². The minimum Gasteiger partial charge on any atom is -0.508 e. The van der Waals surface area contributed by atoms with Gasteiger partial charge in [0.2, 0.25) is 23.6 Å². The number of aromatic hydroxyl groups is 1. The Morgan fingerprint density at radius 2 is 1.44 bits per heavy atom. The van der Waals surface area contributed by atoms with Gasteiger partial charge >= 0.3 is 5.97 Å². The molecule has 0 heterocycles. The summed E-state index contributed by atoms with van der Waals surface area (Å²) in [7, 11) is 0. The van der Waals surface area contributed by atoms with E-state index in [9.17, 15) is 34.2 Å². The van der Waals surface area contributed by atoms with Gasteiger partial charge in [-0.25, -0.2) is 4.79 Å². The number of nitrogens with one attached hydrogen (secondary N) is 3. The van der Waals surface area contributed by atoms with Crippen molar-refractivity contribution in [1.29, 1.82) is 0 Å². The standard InChI is InChI=1S/C23H35N5O7S/c1-12(2)9-16(21(32)27-17(23(34)35)10-13-3-5-14(29)6-4-13)26-22(33)18(11-36)28-20(31)15(24)7-8-19(25)30/h3-6,12,15-18,29,36H,7-11,24H2,1-2H3,(H2,25,30)(H,26,33)(H,27,32)(H,28,31)(H,34,35). The van der Waals surface area contributed by atoms with E-state index in [4.69, 9.17) is 11.5 Å². The third-order valence-corrected chi connectivity index (χ3v) is 5.55. The number of hydrogen-bond donors (Lipinski definition) is 8. The Labute approximate surface area is 215 Å². The van der Waals surface area contributed by atoms with Crippen LogP contribution < -0.4 is 27.4 Å². The van der Waals surface area contributed by atoms with Gasteiger partial charge in [0.05, 0.1) is 6.04 Å². The highest BCUT2D eigenvalue weighted by atomic mass is 32.1. The molecule has 36 heavy (non-hydrogen) atoms. The van der Waals surface area contributed by atoms with E-state index >= 15 is 0 Å². The van der Waals surface area contributed by atoms with Gasteiger partial charge in [0.15, 0.2) is 0 Å². The molecule has 4 amide bonds. The molecule has 0 spiro atoms. The maximum Gasteiger partial charge on any atom is 0.326 e. The van der Waals surface area contributed by atoms with Crippen LogP contribution in [-0.2, 0) is 30.4 Å². The maximum absolute atomic E-state index is 13.0. The molecule has 13 heteroatoms. The minimum atomic E-state index is -1.28. The number of primary amides is 1. The summed E-state index contributed by atoms with van der Waals surface area (Å²) in [4.78, 5) is 60.7. The summed E-state index contributed by atoms with van der Waals surface area (Å²) in [6, 6.07) is 1.33. The number of rotatable bonds is 15. The number of aliphatic carboxylic acids is 1. The third-order valence-electron chi connectivity index (χ3n) is 5.18. The Kier molecular flexibility index (Phi) is 12.7. The van der Waals surface area contributed by atoms with Crippen LogP contribution in [0.1, 0.15) is 38.7 Å². The van der Waals surface area contributed by atoms with Gasteiger partial charge in [0, 0.05) is 18.6 Å². The molecular formula is C23H35N5O7S. The number of carboxylic acids is 1. The first kappa shape index (κ1) is 30.7. The Hall–Kier alpha value is -3.32. The second-order valence-corrected chi connectivity index (χ2v) is 9.18. The Morgan fingerprint density at radius 1 is 0.917 bits per heavy atom. The zero-order valence-electron chi connectivity index (χ0n) is 20.3. The minimum absolute atomic E-state index is 0.00192. The van der Waals surface area contributed by atoms with Crippen molar-refractivity contribution < 1.29 is 34.2 Å². The number of phenols is 1. The van der Waals surface area contributed by atoms with Crippen molar-refractivity contribution in [2.75, 3.05) is 5.75 Å². The quantitative estimate of drug-likeness (QED) is 0.133. The zero-order valence-corrected chi connectivity index (χ0v) is 21.2. The van der Waals surface area contributed by atoms with Gasteiger partial charge in [-0.15, -0.1) is 0 Å². The predicted octanol–water partition coefficient (Wildman–Crippen LogP) is -0.958. The highest BCUT2D eigenvalue weighted by Crippen LogP contribution is 2.12. The predicted molar refractivity (Wildman–Crippen MR) is 135 cm³/mol.